The second-order valence-electron chi connectivity index (χ2n) is 8.32. The van der Waals surface area contributed by atoms with Crippen molar-refractivity contribution < 1.29 is 13.9 Å². The molecule has 2 aromatic carbocycles. The average Bonchev–Trinajstić information content (AvgIpc) is 2.91. The Hall–Kier alpha value is -3.98. The van der Waals surface area contributed by atoms with Crippen LogP contribution in [0.15, 0.2) is 60.9 Å². The Morgan fingerprint density at radius 2 is 1.83 bits per heavy atom. The van der Waals surface area contributed by atoms with E-state index in [1.165, 1.54) is 12.1 Å². The van der Waals surface area contributed by atoms with Crippen molar-refractivity contribution in [3.63, 3.8) is 0 Å². The largest absolute Gasteiger partial charge is 0.378 e. The highest BCUT2D eigenvalue weighted by Gasteiger charge is 2.20. The molecule has 1 saturated heterocycles. The molecule has 5 rings (SSSR count). The minimum absolute atomic E-state index is 0.165. The van der Waals surface area contributed by atoms with Crippen LogP contribution in [0.5, 0.6) is 0 Å². The average molecular weight is 473 g/mol. The Labute approximate surface area is 202 Å². The molecular weight excluding hydrogens is 447 g/mol. The van der Waals surface area contributed by atoms with Crippen LogP contribution in [-0.2, 0) is 11.2 Å². The zero-order valence-corrected chi connectivity index (χ0v) is 19.2. The normalized spacial score (nSPS) is 13.7. The second-order valence-corrected chi connectivity index (χ2v) is 8.32. The molecule has 0 bridgehead atoms. The molecule has 3 heterocycles. The van der Waals surface area contributed by atoms with Gasteiger partial charge >= 0.3 is 0 Å². The van der Waals surface area contributed by atoms with Crippen LogP contribution in [0.25, 0.3) is 22.3 Å². The van der Waals surface area contributed by atoms with Crippen molar-refractivity contribution in [1.82, 2.24) is 25.5 Å². The molecule has 2 aromatic heterocycles. The highest BCUT2D eigenvalue weighted by molar-refractivity contribution is 5.97. The third-order valence-corrected chi connectivity index (χ3v) is 5.91. The van der Waals surface area contributed by atoms with Crippen molar-refractivity contribution in [1.29, 1.82) is 0 Å². The molecule has 1 fully saturated rings. The molecule has 9 heteroatoms. The molecule has 8 nitrogen and oxygen atoms in total. The van der Waals surface area contributed by atoms with E-state index in [9.17, 15) is 9.18 Å². The van der Waals surface area contributed by atoms with Gasteiger partial charge in [0.05, 0.1) is 30.4 Å². The molecule has 0 radical (unpaired) electrons. The van der Waals surface area contributed by atoms with Gasteiger partial charge in [0.15, 0.2) is 5.82 Å². The van der Waals surface area contributed by atoms with Gasteiger partial charge in [-0.1, -0.05) is 0 Å². The number of nitrogens with zero attached hydrogens (tertiary/aromatic N) is 5. The van der Waals surface area contributed by atoms with E-state index < -0.39 is 0 Å². The van der Waals surface area contributed by atoms with E-state index >= 15 is 0 Å². The van der Waals surface area contributed by atoms with Gasteiger partial charge in [-0.2, -0.15) is 10.2 Å². The first-order chi connectivity index (χ1) is 17.2. The number of morpholine rings is 1. The fourth-order valence-electron chi connectivity index (χ4n) is 4.05. The summed E-state index contributed by atoms with van der Waals surface area (Å²) in [5.74, 6) is 0.256. The molecule has 1 aliphatic heterocycles. The summed E-state index contributed by atoms with van der Waals surface area (Å²) in [6, 6.07) is 13.5. The molecule has 0 unspecified atom stereocenters. The summed E-state index contributed by atoms with van der Waals surface area (Å²) in [7, 11) is 0. The van der Waals surface area contributed by atoms with Crippen LogP contribution in [0.4, 0.5) is 10.2 Å². The van der Waals surface area contributed by atoms with Gasteiger partial charge in [0.1, 0.15) is 11.5 Å². The Balaban J connectivity index is 1.38. The van der Waals surface area contributed by atoms with Crippen molar-refractivity contribution >= 4 is 22.8 Å². The van der Waals surface area contributed by atoms with Crippen molar-refractivity contribution in [3.8, 4) is 11.3 Å². The van der Waals surface area contributed by atoms with Gasteiger partial charge < -0.3 is 15.0 Å². The van der Waals surface area contributed by atoms with Gasteiger partial charge in [0.25, 0.3) is 5.91 Å². The number of halogens is 1. The van der Waals surface area contributed by atoms with E-state index in [1.807, 2.05) is 12.1 Å². The Kier molecular flexibility index (Phi) is 6.85. The number of fused-ring (bicyclic) bond motifs is 1. The van der Waals surface area contributed by atoms with Crippen LogP contribution in [0.3, 0.4) is 0 Å². The Morgan fingerprint density at radius 1 is 1.00 bits per heavy atom. The number of hydrogen-bond acceptors (Lipinski definition) is 7. The third-order valence-electron chi connectivity index (χ3n) is 5.91. The monoisotopic (exact) mass is 472 g/mol. The maximum atomic E-state index is 13.6. The number of carbonyl (C=O) groups is 1. The van der Waals surface area contributed by atoms with Crippen LogP contribution in [0.2, 0.25) is 0 Å². The Bertz CT molecular complexity index is 1310. The quantitative estimate of drug-likeness (QED) is 0.412. The van der Waals surface area contributed by atoms with Crippen LogP contribution >= 0.6 is 0 Å². The number of hydrogen-bond donors (Lipinski definition) is 1. The van der Waals surface area contributed by atoms with Crippen molar-refractivity contribution in [2.24, 2.45) is 0 Å². The molecule has 0 atom stereocenters. The molecule has 0 spiro atoms. The fourth-order valence-corrected chi connectivity index (χ4v) is 4.05. The maximum absolute atomic E-state index is 13.6. The third kappa shape index (κ3) is 5.41. The molecule has 35 heavy (non-hydrogen) atoms. The summed E-state index contributed by atoms with van der Waals surface area (Å²) >= 11 is 0. The van der Waals surface area contributed by atoms with Crippen LogP contribution in [-0.4, -0.2) is 58.9 Å². The molecule has 1 amide bonds. The highest BCUT2D eigenvalue weighted by atomic mass is 19.1. The summed E-state index contributed by atoms with van der Waals surface area (Å²) in [5, 5.41) is 10.6. The first kappa shape index (κ1) is 22.8. The number of ether oxygens (including phenoxy) is 1. The molecule has 0 aliphatic carbocycles. The van der Waals surface area contributed by atoms with Gasteiger partial charge in [-0.3, -0.25) is 4.79 Å². The minimum atomic E-state index is -0.311. The molecule has 1 aliphatic rings. The van der Waals surface area contributed by atoms with Gasteiger partial charge in [-0.25, -0.2) is 14.4 Å². The number of benzene rings is 2. The topological polar surface area (TPSA) is 93.1 Å². The van der Waals surface area contributed by atoms with Gasteiger partial charge in [-0.15, -0.1) is 0 Å². The van der Waals surface area contributed by atoms with E-state index in [1.54, 1.807) is 36.7 Å². The predicted molar refractivity (Wildman–Crippen MR) is 131 cm³/mol. The SMILES string of the molecule is O=C(NCCCc1ccnnc1)c1ccc2nc(N3CCOCC3)c(-c3ccc(F)cc3)nc2c1. The number of anilines is 1. The summed E-state index contributed by atoms with van der Waals surface area (Å²) in [6.45, 7) is 3.16. The number of rotatable bonds is 7. The second kappa shape index (κ2) is 10.5. The lowest BCUT2D eigenvalue weighted by Gasteiger charge is -2.29. The molecule has 4 aromatic rings. The number of amides is 1. The zero-order valence-electron chi connectivity index (χ0n) is 19.2. The van der Waals surface area contributed by atoms with E-state index in [0.717, 1.165) is 29.8 Å². The van der Waals surface area contributed by atoms with Crippen molar-refractivity contribution in [3.05, 3.63) is 77.9 Å². The molecule has 1 N–H and O–H groups in total. The predicted octanol–water partition coefficient (Wildman–Crippen LogP) is 3.43. The highest BCUT2D eigenvalue weighted by Crippen LogP contribution is 2.30. The minimum Gasteiger partial charge on any atom is -0.378 e. The van der Waals surface area contributed by atoms with Gasteiger partial charge in [0.2, 0.25) is 0 Å². The van der Waals surface area contributed by atoms with E-state index in [2.05, 4.69) is 20.4 Å². The lowest BCUT2D eigenvalue weighted by Crippen LogP contribution is -2.37. The number of carbonyl (C=O) groups excluding carboxylic acids is 1. The first-order valence-corrected chi connectivity index (χ1v) is 11.6. The maximum Gasteiger partial charge on any atom is 0.251 e. The zero-order chi connectivity index (χ0) is 24.0. The van der Waals surface area contributed by atoms with Crippen molar-refractivity contribution in [2.45, 2.75) is 12.8 Å². The number of nitrogens with one attached hydrogen (secondary N) is 1. The van der Waals surface area contributed by atoms with Gasteiger partial charge in [-0.05, 0) is 66.9 Å². The van der Waals surface area contributed by atoms with Crippen LogP contribution in [0.1, 0.15) is 22.3 Å². The van der Waals surface area contributed by atoms with Crippen LogP contribution in [0, 0.1) is 5.82 Å². The molecule has 178 valence electrons. The summed E-state index contributed by atoms with van der Waals surface area (Å²) in [5.41, 5.74) is 4.32. The van der Waals surface area contributed by atoms with Crippen LogP contribution < -0.4 is 10.2 Å². The van der Waals surface area contributed by atoms with E-state index in [-0.39, 0.29) is 11.7 Å². The lowest BCUT2D eigenvalue weighted by molar-refractivity contribution is 0.0953. The summed E-state index contributed by atoms with van der Waals surface area (Å²) in [4.78, 5) is 24.6. The lowest BCUT2D eigenvalue weighted by atomic mass is 10.1. The van der Waals surface area contributed by atoms with Gasteiger partial charge in [0, 0.05) is 37.0 Å². The summed E-state index contributed by atoms with van der Waals surface area (Å²) in [6.07, 6.45) is 5.00. The summed E-state index contributed by atoms with van der Waals surface area (Å²) < 4.78 is 19.1. The Morgan fingerprint density at radius 3 is 2.60 bits per heavy atom. The number of aryl methyl sites for hydroxylation is 1. The van der Waals surface area contributed by atoms with Crippen molar-refractivity contribution in [2.75, 3.05) is 37.7 Å². The first-order valence-electron chi connectivity index (χ1n) is 11.6. The number of aromatic nitrogens is 4. The smallest absolute Gasteiger partial charge is 0.251 e. The standard InChI is InChI=1S/C26H25FN6O2/c27-21-6-3-19(4-7-21)24-25(33-12-14-35-15-13-33)32-22-8-5-20(16-23(22)31-24)26(34)28-10-1-2-18-9-11-29-30-17-18/h3-9,11,16-17H,1-2,10,12-15H2,(H,28,34). The van der Waals surface area contributed by atoms with E-state index in [4.69, 9.17) is 14.7 Å². The molecular formula is C26H25FN6O2. The van der Waals surface area contributed by atoms with E-state index in [0.29, 0.717) is 55.1 Å². The fraction of sp³-hybridized carbons (Fsp3) is 0.269. The molecule has 0 saturated carbocycles.